The molecule has 2 aliphatic rings. The predicted octanol–water partition coefficient (Wildman–Crippen LogP) is 6.36. The summed E-state index contributed by atoms with van der Waals surface area (Å²) in [4.78, 5) is 0. The first kappa shape index (κ1) is 20.0. The summed E-state index contributed by atoms with van der Waals surface area (Å²) in [5.74, 6) is 0. The molecule has 0 atom stereocenters. The maximum Gasteiger partial charge on any atom is -0.000731 e. The highest BCUT2D eigenvalue weighted by Crippen LogP contribution is 2.47. The van der Waals surface area contributed by atoms with Crippen molar-refractivity contribution in [3.05, 3.63) is 85.6 Å². The lowest BCUT2D eigenvalue weighted by atomic mass is 9.76. The van der Waals surface area contributed by atoms with Crippen LogP contribution in [-0.2, 0) is 0 Å². The van der Waals surface area contributed by atoms with Gasteiger partial charge in [-0.1, -0.05) is 95.2 Å². The van der Waals surface area contributed by atoms with E-state index in [0.29, 0.717) is 0 Å². The van der Waals surface area contributed by atoms with Crippen molar-refractivity contribution in [2.24, 2.45) is 10.8 Å². The number of hydrogen-bond donors (Lipinski definition) is 0. The molecular weight excluding hydrogens is 348 g/mol. The first-order valence-electron chi connectivity index (χ1n) is 10.8. The van der Waals surface area contributed by atoms with Gasteiger partial charge in [0.15, 0.2) is 0 Å². The highest BCUT2D eigenvalue weighted by atomic mass is 14.4. The van der Waals surface area contributed by atoms with E-state index in [-0.39, 0.29) is 10.8 Å². The molecule has 0 aromatic heterocycles. The fraction of sp³-hybridized carbons (Fsp3) is 0.379. The second-order valence-electron chi connectivity index (χ2n) is 10.8. The summed E-state index contributed by atoms with van der Waals surface area (Å²) in [7, 11) is 0. The molecule has 0 N–H and O–H groups in total. The van der Waals surface area contributed by atoms with Gasteiger partial charge < -0.3 is 0 Å². The largest absolute Gasteiger partial charge is 0.0686 e. The van der Waals surface area contributed by atoms with E-state index in [2.05, 4.69) is 104 Å². The summed E-state index contributed by atoms with van der Waals surface area (Å²) in [6.45, 7) is 18.5. The number of fused-ring (bicyclic) bond motifs is 2. The van der Waals surface area contributed by atoms with Gasteiger partial charge in [-0.15, -0.1) is 0 Å². The second-order valence-corrected chi connectivity index (χ2v) is 10.8. The number of rotatable bonds is 1. The number of allylic oxidation sites excluding steroid dienone is 4. The summed E-state index contributed by atoms with van der Waals surface area (Å²) >= 11 is 0. The van der Waals surface area contributed by atoms with Crippen LogP contribution in [0.4, 0.5) is 0 Å². The zero-order valence-electron chi connectivity index (χ0n) is 19.2. The molecule has 4 rings (SSSR count). The summed E-state index contributed by atoms with van der Waals surface area (Å²) in [5, 5.41) is 5.21. The average Bonchev–Trinajstić information content (AvgIpc) is 3.22. The average molecular weight is 382 g/mol. The van der Waals surface area contributed by atoms with Crippen molar-refractivity contribution < 1.29 is 0 Å². The van der Waals surface area contributed by atoms with Gasteiger partial charge >= 0.3 is 0 Å². The summed E-state index contributed by atoms with van der Waals surface area (Å²) in [5.41, 5.74) is 8.88. The van der Waals surface area contributed by atoms with Crippen molar-refractivity contribution in [1.82, 2.24) is 0 Å². The van der Waals surface area contributed by atoms with Crippen molar-refractivity contribution in [3.63, 3.8) is 0 Å². The van der Waals surface area contributed by atoms with E-state index in [4.69, 9.17) is 0 Å². The monoisotopic (exact) mass is 381 g/mol. The van der Waals surface area contributed by atoms with Gasteiger partial charge in [0, 0.05) is 0 Å². The normalized spacial score (nSPS) is 15.8. The van der Waals surface area contributed by atoms with Gasteiger partial charge in [0.2, 0.25) is 0 Å². The Morgan fingerprint density at radius 1 is 0.828 bits per heavy atom. The minimum absolute atomic E-state index is 0.143. The highest BCUT2D eigenvalue weighted by molar-refractivity contribution is 5.82. The molecule has 0 nitrogen and oxygen atoms in total. The van der Waals surface area contributed by atoms with Crippen LogP contribution in [0.1, 0.15) is 72.9 Å². The maximum atomic E-state index is 3.75. The summed E-state index contributed by atoms with van der Waals surface area (Å²) in [6, 6.07) is 13.3. The van der Waals surface area contributed by atoms with E-state index in [1.807, 2.05) is 0 Å². The highest BCUT2D eigenvalue weighted by Gasteiger charge is 2.32. The molecular formula is C29H33. The molecule has 0 bridgehead atoms. The van der Waals surface area contributed by atoms with Gasteiger partial charge in [-0.2, -0.15) is 0 Å². The first-order valence-corrected chi connectivity index (χ1v) is 10.8. The molecule has 0 amide bonds. The van der Waals surface area contributed by atoms with Crippen molar-refractivity contribution in [3.8, 4) is 0 Å². The molecule has 0 saturated heterocycles. The second kappa shape index (κ2) is 6.59. The third-order valence-corrected chi connectivity index (χ3v) is 6.27. The minimum Gasteiger partial charge on any atom is -0.0686 e. The zero-order chi connectivity index (χ0) is 21.1. The van der Waals surface area contributed by atoms with Crippen LogP contribution < -0.4 is 10.4 Å². The van der Waals surface area contributed by atoms with Crippen molar-refractivity contribution >= 4 is 17.2 Å². The van der Waals surface area contributed by atoms with E-state index < -0.39 is 0 Å². The Kier molecular flexibility index (Phi) is 4.53. The van der Waals surface area contributed by atoms with Gasteiger partial charge in [0.1, 0.15) is 0 Å². The lowest BCUT2D eigenvalue weighted by Crippen LogP contribution is -2.16. The van der Waals surface area contributed by atoms with Crippen LogP contribution in [0.2, 0.25) is 0 Å². The Bertz CT molecular complexity index is 1280. The van der Waals surface area contributed by atoms with Crippen LogP contribution in [0, 0.1) is 21.3 Å². The van der Waals surface area contributed by atoms with E-state index in [1.54, 1.807) is 5.57 Å². The lowest BCUT2D eigenvalue weighted by Gasteiger charge is -2.29. The first-order chi connectivity index (χ1) is 13.5. The van der Waals surface area contributed by atoms with Crippen LogP contribution >= 0.6 is 0 Å². The molecule has 2 aromatic carbocycles. The van der Waals surface area contributed by atoms with E-state index in [1.165, 1.54) is 48.7 Å². The molecule has 0 unspecified atom stereocenters. The molecule has 2 aliphatic carbocycles. The molecule has 0 fully saturated rings. The SMILES string of the molecule is CC(C)=c1ccc2c(c1C1=CC(C(C)(C)C)=C(C(C)(C)C)C1)[C]=c1ccccc1=2. The predicted molar refractivity (Wildman–Crippen MR) is 126 cm³/mol. The Balaban J connectivity index is 2.04. The molecule has 29 heavy (non-hydrogen) atoms. The third-order valence-electron chi connectivity index (χ3n) is 6.27. The third kappa shape index (κ3) is 3.33. The number of hydrogen-bond acceptors (Lipinski definition) is 0. The van der Waals surface area contributed by atoms with E-state index >= 15 is 0 Å². The Hall–Kier alpha value is -2.34. The van der Waals surface area contributed by atoms with Gasteiger partial charge in [-0.3, -0.25) is 0 Å². The van der Waals surface area contributed by atoms with Gasteiger partial charge in [0.05, 0.1) is 0 Å². The molecule has 0 heterocycles. The van der Waals surface area contributed by atoms with Crippen LogP contribution in [-0.4, -0.2) is 0 Å². The zero-order valence-corrected chi connectivity index (χ0v) is 19.2. The van der Waals surface area contributed by atoms with Gasteiger partial charge in [-0.25, -0.2) is 0 Å². The van der Waals surface area contributed by atoms with Crippen molar-refractivity contribution in [2.75, 3.05) is 0 Å². The van der Waals surface area contributed by atoms with Crippen molar-refractivity contribution in [1.29, 1.82) is 0 Å². The van der Waals surface area contributed by atoms with Crippen LogP contribution in [0.25, 0.3) is 17.2 Å². The molecule has 2 aromatic rings. The molecule has 0 saturated carbocycles. The molecule has 0 aliphatic heterocycles. The lowest BCUT2D eigenvalue weighted by molar-refractivity contribution is 0.453. The Labute approximate surface area is 175 Å². The standard InChI is InChI=1S/C29H33/c1-18(2)21-13-14-23-22-12-10-9-11-19(22)15-24(23)27(21)20-16-25(28(3,4)5)26(17-20)29(6,7)8/h9-14,16H,17H2,1-8H3. The minimum atomic E-state index is 0.143. The summed E-state index contributed by atoms with van der Waals surface area (Å²) in [6.07, 6.45) is 7.28. The topological polar surface area (TPSA) is 0 Å². The molecule has 0 heteroatoms. The van der Waals surface area contributed by atoms with Crippen LogP contribution in [0.5, 0.6) is 0 Å². The molecule has 0 spiro atoms. The Morgan fingerprint density at radius 2 is 1.52 bits per heavy atom. The van der Waals surface area contributed by atoms with E-state index in [9.17, 15) is 0 Å². The summed E-state index contributed by atoms with van der Waals surface area (Å²) < 4.78 is 0. The van der Waals surface area contributed by atoms with Crippen molar-refractivity contribution in [2.45, 2.75) is 61.8 Å². The Morgan fingerprint density at radius 3 is 2.10 bits per heavy atom. The quantitative estimate of drug-likeness (QED) is 0.460. The smallest absolute Gasteiger partial charge is 0.000731 e. The van der Waals surface area contributed by atoms with Crippen LogP contribution in [0.15, 0.2) is 53.6 Å². The van der Waals surface area contributed by atoms with Gasteiger partial charge in [-0.05, 0) is 80.3 Å². The van der Waals surface area contributed by atoms with Crippen LogP contribution in [0.3, 0.4) is 0 Å². The maximum absolute atomic E-state index is 3.75. The van der Waals surface area contributed by atoms with E-state index in [0.717, 1.165) is 6.42 Å². The molecule has 149 valence electrons. The number of benzene rings is 2. The molecule has 1 radical (unpaired) electrons. The fourth-order valence-electron chi connectivity index (χ4n) is 4.77. The fourth-order valence-corrected chi connectivity index (χ4v) is 4.77. The van der Waals surface area contributed by atoms with Gasteiger partial charge in [0.25, 0.3) is 0 Å².